The van der Waals surface area contributed by atoms with Crippen LogP contribution < -0.4 is 10.6 Å². The lowest BCUT2D eigenvalue weighted by atomic mass is 10.2. The van der Waals surface area contributed by atoms with Crippen LogP contribution in [0.1, 0.15) is 27.9 Å². The van der Waals surface area contributed by atoms with Gasteiger partial charge in [-0.3, -0.25) is 4.79 Å². The Hall–Kier alpha value is -1.81. The van der Waals surface area contributed by atoms with Gasteiger partial charge in [0, 0.05) is 22.8 Å². The summed E-state index contributed by atoms with van der Waals surface area (Å²) in [6.45, 7) is 4.78. The van der Waals surface area contributed by atoms with Gasteiger partial charge in [-0.05, 0) is 49.7 Å². The van der Waals surface area contributed by atoms with Crippen LogP contribution in [0.25, 0.3) is 0 Å². The minimum absolute atomic E-state index is 0.0599. The smallest absolute Gasteiger partial charge is 0.268 e. The van der Waals surface area contributed by atoms with E-state index in [1.165, 1.54) is 11.3 Å². The first-order valence-corrected chi connectivity index (χ1v) is 7.17. The number of anilines is 2. The molecule has 1 aromatic heterocycles. The number of aryl methyl sites for hydroxylation is 1. The maximum Gasteiger partial charge on any atom is 0.268 e. The Morgan fingerprint density at radius 3 is 2.42 bits per heavy atom. The standard InChI is InChI=1S/C15H18N2OS/c1-3-10-17(13-7-5-12(16)6-8-13)15(18)14-9-4-11(2)19-14/h4-9H,3,10,16H2,1-2H3. The summed E-state index contributed by atoms with van der Waals surface area (Å²) in [7, 11) is 0. The first-order valence-electron chi connectivity index (χ1n) is 6.35. The molecule has 0 atom stereocenters. The second-order valence-corrected chi connectivity index (χ2v) is 5.75. The first kappa shape index (κ1) is 13.6. The van der Waals surface area contributed by atoms with Crippen LogP contribution in [0, 0.1) is 6.92 Å². The molecule has 0 aliphatic rings. The minimum Gasteiger partial charge on any atom is -0.399 e. The van der Waals surface area contributed by atoms with Gasteiger partial charge < -0.3 is 10.6 Å². The summed E-state index contributed by atoms with van der Waals surface area (Å²) >= 11 is 1.53. The van der Waals surface area contributed by atoms with Crippen molar-refractivity contribution >= 4 is 28.6 Å². The van der Waals surface area contributed by atoms with Crippen molar-refractivity contribution in [2.75, 3.05) is 17.2 Å². The molecule has 1 heterocycles. The fourth-order valence-corrected chi connectivity index (χ4v) is 2.72. The zero-order chi connectivity index (χ0) is 13.8. The number of nitrogen functional groups attached to an aromatic ring is 1. The van der Waals surface area contributed by atoms with Gasteiger partial charge in [0.05, 0.1) is 4.88 Å². The largest absolute Gasteiger partial charge is 0.399 e. The maximum absolute atomic E-state index is 12.5. The molecule has 2 N–H and O–H groups in total. The van der Waals surface area contributed by atoms with Crippen LogP contribution in [0.15, 0.2) is 36.4 Å². The molecule has 4 heteroatoms. The van der Waals surface area contributed by atoms with Gasteiger partial charge >= 0.3 is 0 Å². The van der Waals surface area contributed by atoms with E-state index in [1.54, 1.807) is 0 Å². The lowest BCUT2D eigenvalue weighted by Crippen LogP contribution is -2.31. The molecule has 1 aromatic carbocycles. The Labute approximate surface area is 117 Å². The van der Waals surface area contributed by atoms with Gasteiger partial charge in [-0.2, -0.15) is 0 Å². The highest BCUT2D eigenvalue weighted by atomic mass is 32.1. The van der Waals surface area contributed by atoms with Crippen molar-refractivity contribution in [1.29, 1.82) is 0 Å². The van der Waals surface area contributed by atoms with E-state index in [2.05, 4.69) is 6.92 Å². The first-order chi connectivity index (χ1) is 9.11. The van der Waals surface area contributed by atoms with Gasteiger partial charge in [-0.25, -0.2) is 0 Å². The number of hydrogen-bond acceptors (Lipinski definition) is 3. The van der Waals surface area contributed by atoms with Gasteiger partial charge in [-0.15, -0.1) is 11.3 Å². The molecular formula is C15H18N2OS. The highest BCUT2D eigenvalue weighted by Gasteiger charge is 2.18. The van der Waals surface area contributed by atoms with Crippen molar-refractivity contribution < 1.29 is 4.79 Å². The van der Waals surface area contributed by atoms with Crippen LogP contribution >= 0.6 is 11.3 Å². The molecule has 2 rings (SSSR count). The van der Waals surface area contributed by atoms with E-state index in [4.69, 9.17) is 5.73 Å². The van der Waals surface area contributed by atoms with Crippen molar-refractivity contribution in [2.24, 2.45) is 0 Å². The maximum atomic E-state index is 12.5. The molecule has 0 spiro atoms. The van der Waals surface area contributed by atoms with Crippen molar-refractivity contribution in [3.63, 3.8) is 0 Å². The third-order valence-corrected chi connectivity index (χ3v) is 3.84. The number of hydrogen-bond donors (Lipinski definition) is 1. The number of nitrogens with zero attached hydrogens (tertiary/aromatic N) is 1. The SMILES string of the molecule is CCCN(C(=O)c1ccc(C)s1)c1ccc(N)cc1. The summed E-state index contributed by atoms with van der Waals surface area (Å²) in [6.07, 6.45) is 0.917. The molecule has 100 valence electrons. The van der Waals surface area contributed by atoms with Gasteiger partial charge in [0.25, 0.3) is 5.91 Å². The van der Waals surface area contributed by atoms with E-state index in [1.807, 2.05) is 48.2 Å². The van der Waals surface area contributed by atoms with Crippen LogP contribution in [-0.2, 0) is 0 Å². The van der Waals surface area contributed by atoms with E-state index in [0.717, 1.165) is 21.9 Å². The second kappa shape index (κ2) is 5.89. The molecule has 0 unspecified atom stereocenters. The Kier molecular flexibility index (Phi) is 4.22. The fourth-order valence-electron chi connectivity index (χ4n) is 1.91. The number of carbonyl (C=O) groups is 1. The van der Waals surface area contributed by atoms with E-state index in [9.17, 15) is 4.79 Å². The number of carbonyl (C=O) groups excluding carboxylic acids is 1. The quantitative estimate of drug-likeness (QED) is 0.864. The third kappa shape index (κ3) is 3.15. The molecule has 0 aliphatic carbocycles. The number of thiophene rings is 1. The fraction of sp³-hybridized carbons (Fsp3) is 0.267. The molecule has 19 heavy (non-hydrogen) atoms. The van der Waals surface area contributed by atoms with Gasteiger partial charge in [0.15, 0.2) is 0 Å². The van der Waals surface area contributed by atoms with Crippen LogP contribution in [0.5, 0.6) is 0 Å². The molecule has 0 radical (unpaired) electrons. The molecule has 2 aromatic rings. The van der Waals surface area contributed by atoms with Crippen LogP contribution in [0.3, 0.4) is 0 Å². The highest BCUT2D eigenvalue weighted by molar-refractivity contribution is 7.14. The molecule has 0 saturated carbocycles. The monoisotopic (exact) mass is 274 g/mol. The van der Waals surface area contributed by atoms with E-state index in [0.29, 0.717) is 12.2 Å². The topological polar surface area (TPSA) is 46.3 Å². The average molecular weight is 274 g/mol. The molecule has 0 fully saturated rings. The summed E-state index contributed by atoms with van der Waals surface area (Å²) in [4.78, 5) is 16.3. The van der Waals surface area contributed by atoms with Gasteiger partial charge in [-0.1, -0.05) is 6.92 Å². The molecule has 3 nitrogen and oxygen atoms in total. The zero-order valence-corrected chi connectivity index (χ0v) is 12.0. The van der Waals surface area contributed by atoms with Crippen molar-refractivity contribution in [1.82, 2.24) is 0 Å². The molecular weight excluding hydrogens is 256 g/mol. The lowest BCUT2D eigenvalue weighted by molar-refractivity contribution is 0.0991. The van der Waals surface area contributed by atoms with Crippen LogP contribution in [0.2, 0.25) is 0 Å². The Balaban J connectivity index is 2.29. The number of benzene rings is 1. The lowest BCUT2D eigenvalue weighted by Gasteiger charge is -2.21. The predicted molar refractivity (Wildman–Crippen MR) is 81.9 cm³/mol. The van der Waals surface area contributed by atoms with Crippen LogP contribution in [0.4, 0.5) is 11.4 Å². The number of rotatable bonds is 4. The molecule has 1 amide bonds. The van der Waals surface area contributed by atoms with Crippen molar-refractivity contribution in [3.8, 4) is 0 Å². The highest BCUT2D eigenvalue weighted by Crippen LogP contribution is 2.23. The number of amides is 1. The summed E-state index contributed by atoms with van der Waals surface area (Å²) in [5.74, 6) is 0.0599. The molecule has 0 bridgehead atoms. The van der Waals surface area contributed by atoms with E-state index in [-0.39, 0.29) is 5.91 Å². The number of nitrogens with two attached hydrogens (primary N) is 1. The van der Waals surface area contributed by atoms with Gasteiger partial charge in [0.1, 0.15) is 0 Å². The Morgan fingerprint density at radius 1 is 1.21 bits per heavy atom. The summed E-state index contributed by atoms with van der Waals surface area (Å²) < 4.78 is 0. The Bertz CT molecular complexity index is 560. The van der Waals surface area contributed by atoms with E-state index >= 15 is 0 Å². The third-order valence-electron chi connectivity index (χ3n) is 2.85. The van der Waals surface area contributed by atoms with E-state index < -0.39 is 0 Å². The summed E-state index contributed by atoms with van der Waals surface area (Å²) in [6, 6.07) is 11.3. The molecule has 0 saturated heterocycles. The zero-order valence-electron chi connectivity index (χ0n) is 11.2. The van der Waals surface area contributed by atoms with Crippen molar-refractivity contribution in [3.05, 3.63) is 46.2 Å². The average Bonchev–Trinajstić information content (AvgIpc) is 2.83. The van der Waals surface area contributed by atoms with Crippen molar-refractivity contribution in [2.45, 2.75) is 20.3 Å². The normalized spacial score (nSPS) is 10.4. The molecule has 0 aliphatic heterocycles. The summed E-state index contributed by atoms with van der Waals surface area (Å²) in [5, 5.41) is 0. The Morgan fingerprint density at radius 2 is 1.89 bits per heavy atom. The predicted octanol–water partition coefficient (Wildman–Crippen LogP) is 3.70. The minimum atomic E-state index is 0.0599. The van der Waals surface area contributed by atoms with Gasteiger partial charge in [0.2, 0.25) is 0 Å². The summed E-state index contributed by atoms with van der Waals surface area (Å²) in [5.41, 5.74) is 7.29. The van der Waals surface area contributed by atoms with Crippen LogP contribution in [-0.4, -0.2) is 12.5 Å². The second-order valence-electron chi connectivity index (χ2n) is 4.46.